The van der Waals surface area contributed by atoms with Gasteiger partial charge in [0, 0.05) is 12.6 Å². The molecule has 2 heterocycles. The smallest absolute Gasteiger partial charge is 0.375 e. The molecule has 0 saturated carbocycles. The zero-order valence-corrected chi connectivity index (χ0v) is 19.2. The molecule has 1 aliphatic heterocycles. The van der Waals surface area contributed by atoms with Crippen LogP contribution in [0.15, 0.2) is 45.6 Å². The van der Waals surface area contributed by atoms with Gasteiger partial charge in [-0.2, -0.15) is 0 Å². The molecule has 4 rings (SSSR count). The van der Waals surface area contributed by atoms with Gasteiger partial charge >= 0.3 is 5.97 Å². The third-order valence-corrected chi connectivity index (χ3v) is 6.28. The highest BCUT2D eigenvalue weighted by Crippen LogP contribution is 2.33. The van der Waals surface area contributed by atoms with E-state index in [1.165, 1.54) is 12.5 Å². The second-order valence-corrected chi connectivity index (χ2v) is 8.34. The highest BCUT2D eigenvalue weighted by Gasteiger charge is 2.27. The van der Waals surface area contributed by atoms with E-state index in [9.17, 15) is 14.7 Å². The van der Waals surface area contributed by atoms with Gasteiger partial charge < -0.3 is 19.0 Å². The number of aromatic hydroxyl groups is 1. The first-order chi connectivity index (χ1) is 15.9. The third kappa shape index (κ3) is 4.46. The number of carbonyl (C=O) groups excluding carboxylic acids is 1. The van der Waals surface area contributed by atoms with Crippen molar-refractivity contribution in [2.75, 3.05) is 20.3 Å². The number of piperidine rings is 1. The summed E-state index contributed by atoms with van der Waals surface area (Å²) in [6, 6.07) is 10.3. The number of ether oxygens (including phenoxy) is 2. The van der Waals surface area contributed by atoms with Crippen molar-refractivity contribution in [3.8, 4) is 22.6 Å². The molecule has 33 heavy (non-hydrogen) atoms. The number of benzene rings is 2. The lowest BCUT2D eigenvalue weighted by molar-refractivity contribution is 0.0491. The first-order valence-electron chi connectivity index (χ1n) is 11.3. The molecule has 1 atom stereocenters. The molecule has 1 aliphatic rings. The molecule has 0 radical (unpaired) electrons. The average molecular weight is 452 g/mol. The van der Waals surface area contributed by atoms with Gasteiger partial charge in [-0.3, -0.25) is 9.69 Å². The number of esters is 1. The molecule has 1 saturated heterocycles. The van der Waals surface area contributed by atoms with Crippen LogP contribution in [0.1, 0.15) is 49.2 Å². The zero-order chi connectivity index (χ0) is 23.5. The second-order valence-electron chi connectivity index (χ2n) is 8.34. The predicted octanol–water partition coefficient (Wildman–Crippen LogP) is 4.73. The van der Waals surface area contributed by atoms with Crippen molar-refractivity contribution < 1.29 is 23.8 Å². The summed E-state index contributed by atoms with van der Waals surface area (Å²) >= 11 is 0. The minimum absolute atomic E-state index is 0.0374. The van der Waals surface area contributed by atoms with Gasteiger partial charge in [0.1, 0.15) is 17.1 Å². The predicted molar refractivity (Wildman–Crippen MR) is 126 cm³/mol. The lowest BCUT2D eigenvalue weighted by Crippen LogP contribution is -2.36. The first kappa shape index (κ1) is 22.9. The maximum absolute atomic E-state index is 13.6. The van der Waals surface area contributed by atoms with Gasteiger partial charge in [-0.05, 0) is 63.1 Å². The van der Waals surface area contributed by atoms with Gasteiger partial charge in [-0.1, -0.05) is 18.6 Å². The van der Waals surface area contributed by atoms with Crippen LogP contribution in [0.4, 0.5) is 0 Å². The lowest BCUT2D eigenvalue weighted by Gasteiger charge is -2.33. The van der Waals surface area contributed by atoms with E-state index in [1.807, 2.05) is 0 Å². The minimum Gasteiger partial charge on any atom is -0.507 e. The third-order valence-electron chi connectivity index (χ3n) is 6.28. The Bertz CT molecular complexity index is 1210. The Hall–Kier alpha value is -3.32. The Balaban J connectivity index is 1.92. The summed E-state index contributed by atoms with van der Waals surface area (Å²) in [5, 5.41) is 11.0. The molecular weight excluding hydrogens is 422 g/mol. The van der Waals surface area contributed by atoms with Gasteiger partial charge in [0.2, 0.25) is 11.2 Å². The molecular formula is C26H29NO6. The molecule has 1 N–H and O–H groups in total. The number of phenols is 1. The maximum Gasteiger partial charge on any atom is 0.375 e. The van der Waals surface area contributed by atoms with Crippen LogP contribution in [-0.2, 0) is 11.3 Å². The van der Waals surface area contributed by atoms with Crippen LogP contribution in [0.25, 0.3) is 22.1 Å². The summed E-state index contributed by atoms with van der Waals surface area (Å²) in [6.07, 6.45) is 3.33. The van der Waals surface area contributed by atoms with Crippen molar-refractivity contribution in [1.82, 2.24) is 4.90 Å². The number of rotatable bonds is 6. The fourth-order valence-electron chi connectivity index (χ4n) is 4.41. The lowest BCUT2D eigenvalue weighted by atomic mass is 9.99. The molecule has 1 fully saturated rings. The quantitative estimate of drug-likeness (QED) is 0.542. The van der Waals surface area contributed by atoms with Crippen molar-refractivity contribution >= 4 is 16.9 Å². The SMILES string of the molecule is CCOC(=O)c1oc2c(CN3CCCC[C@H]3C)c(O)ccc2c(=O)c1-c1ccc(OC)cc1. The summed E-state index contributed by atoms with van der Waals surface area (Å²) in [4.78, 5) is 28.7. The Morgan fingerprint density at radius 1 is 1.18 bits per heavy atom. The van der Waals surface area contributed by atoms with Gasteiger partial charge in [-0.25, -0.2) is 4.79 Å². The number of hydrogen-bond acceptors (Lipinski definition) is 7. The Labute approximate surface area is 192 Å². The number of nitrogens with zero attached hydrogens (tertiary/aromatic N) is 1. The normalized spacial score (nSPS) is 16.6. The fourth-order valence-corrected chi connectivity index (χ4v) is 4.41. The number of phenolic OH excluding ortho intramolecular Hbond substituents is 1. The van der Waals surface area contributed by atoms with Crippen LogP contribution < -0.4 is 10.2 Å². The summed E-state index contributed by atoms with van der Waals surface area (Å²) in [5.41, 5.74) is 1.03. The van der Waals surface area contributed by atoms with E-state index < -0.39 is 5.97 Å². The van der Waals surface area contributed by atoms with Crippen molar-refractivity contribution in [3.63, 3.8) is 0 Å². The van der Waals surface area contributed by atoms with Crippen LogP contribution in [-0.4, -0.2) is 42.3 Å². The summed E-state index contributed by atoms with van der Waals surface area (Å²) in [5.74, 6) is -0.221. The molecule has 0 aliphatic carbocycles. The maximum atomic E-state index is 13.6. The van der Waals surface area contributed by atoms with Crippen LogP contribution in [0.5, 0.6) is 11.5 Å². The van der Waals surface area contributed by atoms with Crippen molar-refractivity contribution in [2.45, 2.75) is 45.7 Å². The van der Waals surface area contributed by atoms with Crippen molar-refractivity contribution in [3.05, 3.63) is 57.9 Å². The largest absolute Gasteiger partial charge is 0.507 e. The van der Waals surface area contributed by atoms with Crippen molar-refractivity contribution in [1.29, 1.82) is 0 Å². The van der Waals surface area contributed by atoms with Crippen LogP contribution in [0, 0.1) is 0 Å². The van der Waals surface area contributed by atoms with E-state index in [0.29, 0.717) is 34.8 Å². The summed E-state index contributed by atoms with van der Waals surface area (Å²) in [7, 11) is 1.56. The molecule has 7 heteroatoms. The highest BCUT2D eigenvalue weighted by atomic mass is 16.5. The van der Waals surface area contributed by atoms with E-state index in [0.717, 1.165) is 19.4 Å². The molecule has 7 nitrogen and oxygen atoms in total. The molecule has 0 spiro atoms. The summed E-state index contributed by atoms with van der Waals surface area (Å²) < 4.78 is 16.5. The first-order valence-corrected chi connectivity index (χ1v) is 11.3. The van der Waals surface area contributed by atoms with E-state index >= 15 is 0 Å². The number of likely N-dealkylation sites (tertiary alicyclic amines) is 1. The molecule has 0 unspecified atom stereocenters. The van der Waals surface area contributed by atoms with E-state index in [2.05, 4.69) is 11.8 Å². The highest BCUT2D eigenvalue weighted by molar-refractivity contribution is 5.98. The van der Waals surface area contributed by atoms with E-state index in [4.69, 9.17) is 13.9 Å². The molecule has 2 aromatic carbocycles. The Morgan fingerprint density at radius 2 is 1.94 bits per heavy atom. The van der Waals surface area contributed by atoms with Gasteiger partial charge in [0.05, 0.1) is 30.2 Å². The molecule has 0 amide bonds. The fraction of sp³-hybridized carbons (Fsp3) is 0.385. The van der Waals surface area contributed by atoms with Crippen LogP contribution in [0.3, 0.4) is 0 Å². The Morgan fingerprint density at radius 3 is 2.61 bits per heavy atom. The van der Waals surface area contributed by atoms with Crippen molar-refractivity contribution in [2.24, 2.45) is 0 Å². The van der Waals surface area contributed by atoms with E-state index in [-0.39, 0.29) is 34.7 Å². The number of fused-ring (bicyclic) bond motifs is 1. The number of hydrogen-bond donors (Lipinski definition) is 1. The molecule has 1 aromatic heterocycles. The number of methoxy groups -OCH3 is 1. The zero-order valence-electron chi connectivity index (χ0n) is 19.2. The number of carbonyl (C=O) groups is 1. The van der Waals surface area contributed by atoms with Gasteiger partial charge in [0.25, 0.3) is 0 Å². The molecule has 3 aromatic rings. The van der Waals surface area contributed by atoms with Gasteiger partial charge in [0.15, 0.2) is 0 Å². The summed E-state index contributed by atoms with van der Waals surface area (Å²) in [6.45, 7) is 5.32. The van der Waals surface area contributed by atoms with E-state index in [1.54, 1.807) is 44.4 Å². The molecule has 0 bridgehead atoms. The topological polar surface area (TPSA) is 89.2 Å². The van der Waals surface area contributed by atoms with Crippen LogP contribution >= 0.6 is 0 Å². The van der Waals surface area contributed by atoms with Gasteiger partial charge in [-0.15, -0.1) is 0 Å². The average Bonchev–Trinajstić information content (AvgIpc) is 2.82. The molecule has 174 valence electrons. The van der Waals surface area contributed by atoms with Crippen LogP contribution in [0.2, 0.25) is 0 Å². The second kappa shape index (κ2) is 9.67. The monoisotopic (exact) mass is 451 g/mol. The minimum atomic E-state index is -0.719. The Kier molecular flexibility index (Phi) is 6.70. The standard InChI is InChI=1S/C26H29NO6/c1-4-32-26(30)25-22(17-8-10-18(31-3)11-9-17)23(29)19-12-13-21(28)20(24(19)33-25)15-27-14-6-5-7-16(27)2/h8-13,16,28H,4-7,14-15H2,1-3H3/t16-/m1/s1.